The molecule has 0 spiro atoms. The Hall–Kier alpha value is -3.77. The number of benzene rings is 3. The summed E-state index contributed by atoms with van der Waals surface area (Å²) >= 11 is 6.10. The van der Waals surface area contributed by atoms with Gasteiger partial charge >= 0.3 is 0 Å². The first-order valence-corrected chi connectivity index (χ1v) is 12.1. The van der Waals surface area contributed by atoms with Crippen molar-refractivity contribution in [1.29, 1.82) is 0 Å². The summed E-state index contributed by atoms with van der Waals surface area (Å²) in [6, 6.07) is 20.3. The fourth-order valence-corrected chi connectivity index (χ4v) is 4.24. The van der Waals surface area contributed by atoms with Crippen LogP contribution in [0.5, 0.6) is 11.5 Å². The number of likely N-dealkylation sites (tertiary alicyclic amines) is 1. The van der Waals surface area contributed by atoms with Gasteiger partial charge < -0.3 is 19.5 Å². The van der Waals surface area contributed by atoms with Crippen molar-refractivity contribution in [1.82, 2.24) is 4.90 Å². The van der Waals surface area contributed by atoms with Gasteiger partial charge in [-0.05, 0) is 53.4 Å². The van der Waals surface area contributed by atoms with Gasteiger partial charge in [0.2, 0.25) is 0 Å². The van der Waals surface area contributed by atoms with Crippen molar-refractivity contribution in [3.8, 4) is 11.5 Å². The summed E-state index contributed by atoms with van der Waals surface area (Å²) < 4.78 is 11.0. The fraction of sp³-hybridized carbons (Fsp3) is 0.241. The second-order valence-corrected chi connectivity index (χ2v) is 9.50. The van der Waals surface area contributed by atoms with E-state index in [4.69, 9.17) is 21.1 Å². The minimum Gasteiger partial charge on any atom is -0.507 e. The average molecular weight is 506 g/mol. The average Bonchev–Trinajstić information content (AvgIpc) is 3.13. The quantitative estimate of drug-likeness (QED) is 0.231. The smallest absolute Gasteiger partial charge is 0.295 e. The minimum absolute atomic E-state index is 0.0249. The van der Waals surface area contributed by atoms with Crippen molar-refractivity contribution in [3.05, 3.63) is 100 Å². The lowest BCUT2D eigenvalue weighted by Crippen LogP contribution is -2.29. The topological polar surface area (TPSA) is 76.1 Å². The summed E-state index contributed by atoms with van der Waals surface area (Å²) in [5.41, 5.74) is 1.91. The number of ether oxygens (including phenoxy) is 2. The molecule has 0 bridgehead atoms. The number of hydrogen-bond donors (Lipinski definition) is 1. The van der Waals surface area contributed by atoms with Gasteiger partial charge in [0, 0.05) is 17.1 Å². The summed E-state index contributed by atoms with van der Waals surface area (Å²) in [6.45, 7) is 4.78. The second kappa shape index (κ2) is 10.9. The van der Waals surface area contributed by atoms with Gasteiger partial charge in [0.1, 0.15) is 17.3 Å². The van der Waals surface area contributed by atoms with Crippen LogP contribution in [0.2, 0.25) is 5.02 Å². The molecule has 0 aromatic heterocycles. The standard InChI is InChI=1S/C29H28ClNO5/c1-18(2)17-36-24-6-4-5-21(15-24)27(32)25-26(20-9-11-22(30)12-10-20)31(29(34)28(25)33)16-19-7-13-23(35-3)14-8-19/h4-15,18,26,32H,16-17H2,1-3H3/b27-25-. The molecule has 4 rings (SSSR count). The van der Waals surface area contributed by atoms with Gasteiger partial charge in [-0.3, -0.25) is 9.59 Å². The van der Waals surface area contributed by atoms with Gasteiger partial charge in [0.25, 0.3) is 11.7 Å². The summed E-state index contributed by atoms with van der Waals surface area (Å²) in [7, 11) is 1.58. The number of methoxy groups -OCH3 is 1. The predicted molar refractivity (Wildman–Crippen MR) is 139 cm³/mol. The van der Waals surface area contributed by atoms with Crippen molar-refractivity contribution >= 4 is 29.1 Å². The summed E-state index contributed by atoms with van der Waals surface area (Å²) in [5.74, 6) is -0.0807. The van der Waals surface area contributed by atoms with Gasteiger partial charge in [-0.2, -0.15) is 0 Å². The van der Waals surface area contributed by atoms with Crippen LogP contribution in [0.15, 0.2) is 78.4 Å². The summed E-state index contributed by atoms with van der Waals surface area (Å²) in [5, 5.41) is 11.9. The van der Waals surface area contributed by atoms with E-state index in [1.165, 1.54) is 4.90 Å². The number of aliphatic hydroxyl groups is 1. The van der Waals surface area contributed by atoms with Crippen molar-refractivity contribution < 1.29 is 24.2 Å². The minimum atomic E-state index is -0.787. The third-order valence-corrected chi connectivity index (χ3v) is 6.18. The maximum atomic E-state index is 13.3. The Kier molecular flexibility index (Phi) is 7.65. The van der Waals surface area contributed by atoms with E-state index >= 15 is 0 Å². The summed E-state index contributed by atoms with van der Waals surface area (Å²) in [6.07, 6.45) is 0. The Labute approximate surface area is 215 Å². The van der Waals surface area contributed by atoms with Crippen molar-refractivity contribution in [2.75, 3.05) is 13.7 Å². The molecule has 1 fully saturated rings. The number of rotatable bonds is 8. The highest BCUT2D eigenvalue weighted by Gasteiger charge is 2.46. The number of ketones is 1. The van der Waals surface area contributed by atoms with Crippen LogP contribution in [0.1, 0.15) is 36.6 Å². The van der Waals surface area contributed by atoms with Crippen molar-refractivity contribution in [2.24, 2.45) is 5.92 Å². The van der Waals surface area contributed by atoms with Crippen LogP contribution in [0.25, 0.3) is 5.76 Å². The maximum absolute atomic E-state index is 13.3. The first-order chi connectivity index (χ1) is 17.3. The Bertz CT molecular complexity index is 1280. The van der Waals surface area contributed by atoms with E-state index in [0.717, 1.165) is 5.56 Å². The van der Waals surface area contributed by atoms with Gasteiger partial charge in [-0.25, -0.2) is 0 Å². The Balaban J connectivity index is 1.78. The molecule has 0 saturated carbocycles. The highest BCUT2D eigenvalue weighted by atomic mass is 35.5. The number of Topliss-reactive ketones (excluding diaryl/α,β-unsaturated/α-hetero) is 1. The van der Waals surface area contributed by atoms with E-state index in [0.29, 0.717) is 40.2 Å². The molecule has 0 aliphatic carbocycles. The molecule has 3 aromatic carbocycles. The molecule has 0 radical (unpaired) electrons. The molecule has 3 aromatic rings. The summed E-state index contributed by atoms with van der Waals surface area (Å²) in [4.78, 5) is 28.0. The number of hydrogen-bond acceptors (Lipinski definition) is 5. The molecule has 1 N–H and O–H groups in total. The van der Waals surface area contributed by atoms with Crippen LogP contribution in [0.4, 0.5) is 0 Å². The second-order valence-electron chi connectivity index (χ2n) is 9.06. The van der Waals surface area contributed by atoms with Crippen LogP contribution < -0.4 is 9.47 Å². The highest BCUT2D eigenvalue weighted by molar-refractivity contribution is 6.46. The molecule has 1 amide bonds. The number of amides is 1. The van der Waals surface area contributed by atoms with Crippen LogP contribution in [-0.2, 0) is 16.1 Å². The monoisotopic (exact) mass is 505 g/mol. The first kappa shape index (κ1) is 25.3. The maximum Gasteiger partial charge on any atom is 0.295 e. The number of carbonyl (C=O) groups is 2. The molecule has 1 saturated heterocycles. The molecule has 7 heteroatoms. The molecule has 1 unspecified atom stereocenters. The third-order valence-electron chi connectivity index (χ3n) is 5.93. The van der Waals surface area contributed by atoms with Crippen molar-refractivity contribution in [3.63, 3.8) is 0 Å². The van der Waals surface area contributed by atoms with Gasteiger partial charge in [-0.15, -0.1) is 0 Å². The zero-order valence-corrected chi connectivity index (χ0v) is 21.2. The fourth-order valence-electron chi connectivity index (χ4n) is 4.11. The first-order valence-electron chi connectivity index (χ1n) is 11.7. The number of halogens is 1. The van der Waals surface area contributed by atoms with Gasteiger partial charge in [0.05, 0.1) is 25.3 Å². The van der Waals surface area contributed by atoms with Crippen molar-refractivity contribution in [2.45, 2.75) is 26.4 Å². The lowest BCUT2D eigenvalue weighted by molar-refractivity contribution is -0.140. The molecular weight excluding hydrogens is 478 g/mol. The molecule has 186 valence electrons. The lowest BCUT2D eigenvalue weighted by Gasteiger charge is -2.25. The van der Waals surface area contributed by atoms with E-state index in [1.807, 2.05) is 26.0 Å². The SMILES string of the molecule is COc1ccc(CN2C(=O)C(=O)/C(=C(\O)c3cccc(OCC(C)C)c3)C2c2ccc(Cl)cc2)cc1. The van der Waals surface area contributed by atoms with E-state index < -0.39 is 17.7 Å². The zero-order valence-electron chi connectivity index (χ0n) is 20.4. The highest BCUT2D eigenvalue weighted by Crippen LogP contribution is 2.41. The van der Waals surface area contributed by atoms with E-state index in [2.05, 4.69) is 0 Å². The largest absolute Gasteiger partial charge is 0.507 e. The number of carbonyl (C=O) groups excluding carboxylic acids is 2. The lowest BCUT2D eigenvalue weighted by atomic mass is 9.95. The van der Waals surface area contributed by atoms with E-state index in [1.54, 1.807) is 67.8 Å². The third kappa shape index (κ3) is 5.39. The van der Waals surface area contributed by atoms with Crippen LogP contribution >= 0.6 is 11.6 Å². The molecule has 6 nitrogen and oxygen atoms in total. The molecule has 1 atom stereocenters. The van der Waals surface area contributed by atoms with Gasteiger partial charge in [-0.1, -0.05) is 61.8 Å². The molecule has 1 aliphatic rings. The predicted octanol–water partition coefficient (Wildman–Crippen LogP) is 6.01. The Morgan fingerprint density at radius 1 is 1.00 bits per heavy atom. The zero-order chi connectivity index (χ0) is 25.8. The van der Waals surface area contributed by atoms with Crippen LogP contribution in [0, 0.1) is 5.92 Å². The molecule has 1 heterocycles. The number of aliphatic hydroxyl groups excluding tert-OH is 1. The van der Waals surface area contributed by atoms with Gasteiger partial charge in [0.15, 0.2) is 0 Å². The van der Waals surface area contributed by atoms with Crippen LogP contribution in [-0.4, -0.2) is 35.4 Å². The van der Waals surface area contributed by atoms with E-state index in [9.17, 15) is 14.7 Å². The normalized spacial score (nSPS) is 17.0. The van der Waals surface area contributed by atoms with Crippen LogP contribution in [0.3, 0.4) is 0 Å². The molecular formula is C29H28ClNO5. The Morgan fingerprint density at radius 2 is 1.69 bits per heavy atom. The molecule has 36 heavy (non-hydrogen) atoms. The Morgan fingerprint density at radius 3 is 2.33 bits per heavy atom. The molecule has 1 aliphatic heterocycles. The van der Waals surface area contributed by atoms with E-state index in [-0.39, 0.29) is 17.9 Å². The number of nitrogens with zero attached hydrogens (tertiary/aromatic N) is 1.